The standard InChI is InChI=1S/2C11H8F3N2.C7H7NO3.Ir/c2*1-15-6-7-16(8-15)10-4-2-9(3-5-10)11(12,13)14;1-11-5-2-3-6(7(9)10)8-4-5;/h2*2-4,6-7H,1H3;2-4H,1H3,(H,9,10);/q2*-1;;+3/p-1. The molecule has 0 atom stereocenters. The first-order valence-corrected chi connectivity index (χ1v) is 12.0. The van der Waals surface area contributed by atoms with Crippen LogP contribution in [0.2, 0.25) is 0 Å². The molecule has 0 fully saturated rings. The molecule has 2 aliphatic rings. The van der Waals surface area contributed by atoms with Crippen molar-refractivity contribution in [2.24, 2.45) is 0 Å². The molecule has 8 nitrogen and oxygen atoms in total. The molecular weight excluding hydrogens is 773 g/mol. The zero-order valence-electron chi connectivity index (χ0n) is 23.1. The van der Waals surface area contributed by atoms with E-state index < -0.39 is 29.4 Å². The molecule has 2 aliphatic heterocycles. The number of alkyl halides is 6. The SMILES string of the molecule is CN1[C]N(c2[c-]cc(C(F)(F)F)cc2)C=C1.CN1[C]N(c2[c-]cc(C(F)(F)F)cc2)C=C1.COc1ccc(C(=O)[O-])nc1.[Ir+3]. The second-order valence-electron chi connectivity index (χ2n) is 8.55. The summed E-state index contributed by atoms with van der Waals surface area (Å²) in [6.07, 6.45) is -0.444. The van der Waals surface area contributed by atoms with E-state index >= 15 is 0 Å². The number of carboxylic acid groups (broad SMARTS) is 1. The van der Waals surface area contributed by atoms with E-state index in [0.717, 1.165) is 24.3 Å². The van der Waals surface area contributed by atoms with E-state index in [0.29, 0.717) is 17.1 Å². The maximum absolute atomic E-state index is 12.3. The molecular formula is C29H22F6IrN5O3. The molecule has 3 heterocycles. The quantitative estimate of drug-likeness (QED) is 0.273. The topological polar surface area (TPSA) is 75.2 Å². The second-order valence-corrected chi connectivity index (χ2v) is 8.55. The van der Waals surface area contributed by atoms with Gasteiger partial charge in [-0.1, -0.05) is 22.5 Å². The van der Waals surface area contributed by atoms with Gasteiger partial charge in [0.05, 0.1) is 25.0 Å². The second kappa shape index (κ2) is 15.5. The fraction of sp³-hybridized carbons (Fsp3) is 0.172. The smallest absolute Gasteiger partial charge is 0.543 e. The molecule has 0 N–H and O–H groups in total. The van der Waals surface area contributed by atoms with Gasteiger partial charge >= 0.3 is 32.5 Å². The molecule has 0 saturated carbocycles. The Kier molecular flexibility index (Phi) is 12.7. The van der Waals surface area contributed by atoms with Crippen LogP contribution in [0.15, 0.2) is 79.5 Å². The number of aromatic nitrogens is 1. The van der Waals surface area contributed by atoms with Crippen molar-refractivity contribution in [2.45, 2.75) is 12.4 Å². The van der Waals surface area contributed by atoms with E-state index in [1.54, 1.807) is 58.5 Å². The van der Waals surface area contributed by atoms with Crippen molar-refractivity contribution < 1.29 is 61.1 Å². The van der Waals surface area contributed by atoms with Crippen molar-refractivity contribution in [1.29, 1.82) is 0 Å². The Balaban J connectivity index is 0.000000232. The molecule has 0 spiro atoms. The summed E-state index contributed by atoms with van der Waals surface area (Å²) in [5.41, 5.74) is -0.450. The first-order chi connectivity index (χ1) is 20.2. The summed E-state index contributed by atoms with van der Waals surface area (Å²) in [5.74, 6) is -0.761. The maximum Gasteiger partial charge on any atom is 3.00 e. The van der Waals surface area contributed by atoms with Gasteiger partial charge in [0.15, 0.2) is 0 Å². The third-order valence-corrected chi connectivity index (χ3v) is 5.36. The van der Waals surface area contributed by atoms with E-state index in [9.17, 15) is 36.2 Å². The number of carboxylic acids is 1. The number of hydrogen-bond acceptors (Lipinski definition) is 8. The molecule has 0 saturated heterocycles. The zero-order chi connectivity index (χ0) is 31.8. The number of rotatable bonds is 4. The van der Waals surface area contributed by atoms with E-state index in [1.165, 1.54) is 37.6 Å². The minimum atomic E-state index is -4.32. The van der Waals surface area contributed by atoms with Crippen molar-refractivity contribution >= 4 is 17.3 Å². The summed E-state index contributed by atoms with van der Waals surface area (Å²) in [6.45, 7) is 5.74. The summed E-state index contributed by atoms with van der Waals surface area (Å²) in [7, 11) is 5.04. The van der Waals surface area contributed by atoms with Crippen LogP contribution >= 0.6 is 0 Å². The zero-order valence-corrected chi connectivity index (χ0v) is 25.5. The van der Waals surface area contributed by atoms with E-state index in [-0.39, 0.29) is 25.8 Å². The van der Waals surface area contributed by atoms with Gasteiger partial charge in [-0.15, -0.1) is 12.1 Å². The van der Waals surface area contributed by atoms with Crippen molar-refractivity contribution in [2.75, 3.05) is 31.0 Å². The molecule has 2 aromatic carbocycles. The fourth-order valence-corrected chi connectivity index (χ4v) is 3.18. The van der Waals surface area contributed by atoms with Crippen LogP contribution in [-0.2, 0) is 32.5 Å². The fourth-order valence-electron chi connectivity index (χ4n) is 3.18. The third-order valence-electron chi connectivity index (χ3n) is 5.36. The average molecular weight is 795 g/mol. The first kappa shape index (κ1) is 36.0. The van der Waals surface area contributed by atoms with Crippen LogP contribution in [0.3, 0.4) is 0 Å². The van der Waals surface area contributed by atoms with Crippen molar-refractivity contribution in [3.05, 3.63) is 122 Å². The molecule has 1 aromatic heterocycles. The van der Waals surface area contributed by atoms with Crippen LogP contribution < -0.4 is 19.6 Å². The van der Waals surface area contributed by atoms with Crippen LogP contribution in [0.4, 0.5) is 37.7 Å². The van der Waals surface area contributed by atoms with Gasteiger partial charge in [-0.3, -0.25) is 4.98 Å². The summed E-state index contributed by atoms with van der Waals surface area (Å²) < 4.78 is 78.5. The molecule has 15 heteroatoms. The number of hydrogen-bond donors (Lipinski definition) is 0. The van der Waals surface area contributed by atoms with Gasteiger partial charge in [0, 0.05) is 38.9 Å². The Morgan fingerprint density at radius 1 is 0.795 bits per heavy atom. The van der Waals surface area contributed by atoms with Gasteiger partial charge in [0.1, 0.15) is 5.75 Å². The van der Waals surface area contributed by atoms with Gasteiger partial charge in [-0.25, -0.2) is 0 Å². The number of nitrogens with zero attached hydrogens (tertiary/aromatic N) is 5. The van der Waals surface area contributed by atoms with Crippen LogP contribution in [0, 0.1) is 25.5 Å². The molecule has 232 valence electrons. The molecule has 0 unspecified atom stereocenters. The number of carbonyl (C=O) groups is 1. The normalized spacial score (nSPS) is 13.9. The van der Waals surface area contributed by atoms with E-state index in [2.05, 4.69) is 30.5 Å². The van der Waals surface area contributed by atoms with Crippen LogP contribution in [0.1, 0.15) is 21.6 Å². The Bertz CT molecular complexity index is 1320. The number of anilines is 2. The minimum Gasteiger partial charge on any atom is -0.543 e. The Morgan fingerprint density at radius 2 is 1.25 bits per heavy atom. The molecule has 0 aliphatic carbocycles. The van der Waals surface area contributed by atoms with Crippen LogP contribution in [0.25, 0.3) is 0 Å². The predicted molar refractivity (Wildman–Crippen MR) is 141 cm³/mol. The monoisotopic (exact) mass is 795 g/mol. The number of methoxy groups -OCH3 is 1. The largest absolute Gasteiger partial charge is 3.00 e. The Morgan fingerprint density at radius 3 is 1.50 bits per heavy atom. The summed E-state index contributed by atoms with van der Waals surface area (Å²) in [4.78, 5) is 20.2. The van der Waals surface area contributed by atoms with E-state index in [1.807, 2.05) is 0 Å². The third kappa shape index (κ3) is 10.5. The summed E-state index contributed by atoms with van der Waals surface area (Å²) >= 11 is 0. The van der Waals surface area contributed by atoms with Gasteiger partial charge in [-0.05, 0) is 12.1 Å². The number of ether oxygens (including phenoxy) is 1. The summed E-state index contributed by atoms with van der Waals surface area (Å²) in [5, 5.41) is 10.2. The predicted octanol–water partition coefficient (Wildman–Crippen LogP) is 4.90. The van der Waals surface area contributed by atoms with Gasteiger partial charge < -0.3 is 34.2 Å². The summed E-state index contributed by atoms with van der Waals surface area (Å²) in [6, 6.07) is 14.6. The van der Waals surface area contributed by atoms with Crippen LogP contribution in [0.5, 0.6) is 5.75 Å². The van der Waals surface area contributed by atoms with Crippen molar-refractivity contribution in [3.63, 3.8) is 0 Å². The molecule has 0 bridgehead atoms. The minimum absolute atomic E-state index is 0. The van der Waals surface area contributed by atoms with E-state index in [4.69, 9.17) is 4.74 Å². The number of halogens is 6. The first-order valence-electron chi connectivity index (χ1n) is 12.0. The molecule has 44 heavy (non-hydrogen) atoms. The number of aromatic carboxylic acids is 1. The van der Waals surface area contributed by atoms with Crippen LogP contribution in [-0.4, -0.2) is 42.0 Å². The Hall–Kier alpha value is -4.23. The molecule has 5 rings (SSSR count). The molecule has 3 aromatic rings. The molecule has 0 amide bonds. The molecule has 4 radical (unpaired) electrons. The average Bonchev–Trinajstić information content (AvgIpc) is 3.61. The maximum atomic E-state index is 12.3. The number of pyridine rings is 1. The number of benzene rings is 2. The van der Waals surface area contributed by atoms with Gasteiger partial charge in [-0.2, -0.15) is 62.7 Å². The Labute approximate surface area is 263 Å². The number of carbonyl (C=O) groups excluding carboxylic acids is 1. The van der Waals surface area contributed by atoms with Gasteiger partial charge in [0.2, 0.25) is 13.3 Å². The van der Waals surface area contributed by atoms with Crippen molar-refractivity contribution in [3.8, 4) is 5.75 Å². The van der Waals surface area contributed by atoms with Crippen molar-refractivity contribution in [1.82, 2.24) is 14.8 Å². The van der Waals surface area contributed by atoms with Gasteiger partial charge in [0.25, 0.3) is 0 Å².